The summed E-state index contributed by atoms with van der Waals surface area (Å²) in [6.07, 6.45) is 0. The van der Waals surface area contributed by atoms with Crippen molar-refractivity contribution in [1.82, 2.24) is 13.7 Å². The van der Waals surface area contributed by atoms with E-state index in [1.54, 1.807) is 0 Å². The second-order valence-electron chi connectivity index (χ2n) is 4.18. The van der Waals surface area contributed by atoms with Crippen molar-refractivity contribution in [3.8, 4) is 0 Å². The van der Waals surface area contributed by atoms with E-state index in [2.05, 4.69) is 0 Å². The Morgan fingerprint density at radius 3 is 1.40 bits per heavy atom. The molecule has 10 nitrogen and oxygen atoms in total. The van der Waals surface area contributed by atoms with Gasteiger partial charge in [-0.15, -0.1) is 0 Å². The molecule has 0 amide bonds. The highest BCUT2D eigenvalue weighted by Gasteiger charge is 2.26. The molecule has 1 heterocycles. The number of hydrogen-bond acceptors (Lipinski definition) is 5. The molecular weight excluding hydrogens is 274 g/mol. The minimum Gasteiger partial charge on any atom is -0.480 e. The lowest BCUT2D eigenvalue weighted by molar-refractivity contribution is -0.140. The van der Waals surface area contributed by atoms with Gasteiger partial charge in [0.1, 0.15) is 12.1 Å². The molecule has 0 saturated carbocycles. The van der Waals surface area contributed by atoms with Crippen molar-refractivity contribution in [3.05, 3.63) is 31.5 Å². The van der Waals surface area contributed by atoms with E-state index in [9.17, 15) is 24.0 Å². The van der Waals surface area contributed by atoms with Crippen molar-refractivity contribution in [2.45, 2.75) is 25.9 Å². The van der Waals surface area contributed by atoms with Gasteiger partial charge in [0.25, 0.3) is 0 Å². The van der Waals surface area contributed by atoms with Crippen LogP contribution in [0.5, 0.6) is 0 Å². The van der Waals surface area contributed by atoms with Crippen LogP contribution in [0.15, 0.2) is 14.4 Å². The Morgan fingerprint density at radius 2 is 1.15 bits per heavy atom. The molecule has 0 radical (unpaired) electrons. The first-order valence-electron chi connectivity index (χ1n) is 5.51. The van der Waals surface area contributed by atoms with Crippen LogP contribution in [0.4, 0.5) is 0 Å². The zero-order valence-corrected chi connectivity index (χ0v) is 10.9. The van der Waals surface area contributed by atoms with Crippen LogP contribution in [0, 0.1) is 0 Å². The summed E-state index contributed by atoms with van der Waals surface area (Å²) in [6, 6.07) is -3.07. The molecule has 0 aliphatic carbocycles. The zero-order chi connectivity index (χ0) is 15.8. The fourth-order valence-corrected chi connectivity index (χ4v) is 1.57. The number of carboxylic acid groups (broad SMARTS) is 2. The van der Waals surface area contributed by atoms with Gasteiger partial charge in [0.05, 0.1) is 0 Å². The van der Waals surface area contributed by atoms with Gasteiger partial charge >= 0.3 is 29.0 Å². The summed E-state index contributed by atoms with van der Waals surface area (Å²) in [5, 5.41) is 17.7. The first-order chi connectivity index (χ1) is 9.11. The third-order valence-electron chi connectivity index (χ3n) is 2.89. The molecule has 0 fully saturated rings. The van der Waals surface area contributed by atoms with Gasteiger partial charge in [-0.3, -0.25) is 0 Å². The van der Waals surface area contributed by atoms with Crippen LogP contribution in [0.3, 0.4) is 0 Å². The molecule has 20 heavy (non-hydrogen) atoms. The van der Waals surface area contributed by atoms with E-state index < -0.39 is 41.1 Å². The summed E-state index contributed by atoms with van der Waals surface area (Å²) in [4.78, 5) is 57.5. The Morgan fingerprint density at radius 1 is 0.850 bits per heavy atom. The smallest absolute Gasteiger partial charge is 0.337 e. The van der Waals surface area contributed by atoms with Crippen molar-refractivity contribution in [3.63, 3.8) is 0 Å². The quantitative estimate of drug-likeness (QED) is 0.652. The fourth-order valence-electron chi connectivity index (χ4n) is 1.57. The topological polar surface area (TPSA) is 141 Å². The van der Waals surface area contributed by atoms with Crippen LogP contribution in [-0.2, 0) is 16.6 Å². The molecule has 0 bridgehead atoms. The Labute approximate surface area is 111 Å². The number of rotatable bonds is 4. The predicted octanol–water partition coefficient (Wildman–Crippen LogP) is -2.00. The molecular formula is C10H13N3O7. The molecule has 0 aliphatic heterocycles. The van der Waals surface area contributed by atoms with Crippen molar-refractivity contribution >= 4 is 11.9 Å². The third kappa shape index (κ3) is 2.27. The maximum absolute atomic E-state index is 12.0. The minimum absolute atomic E-state index is 0.323. The second kappa shape index (κ2) is 5.15. The summed E-state index contributed by atoms with van der Waals surface area (Å²) in [7, 11) is 1.03. The predicted molar refractivity (Wildman–Crippen MR) is 64.9 cm³/mol. The highest BCUT2D eigenvalue weighted by Crippen LogP contribution is 2.00. The molecule has 2 N–H and O–H groups in total. The molecule has 1 aromatic heterocycles. The largest absolute Gasteiger partial charge is 0.480 e. The average molecular weight is 287 g/mol. The van der Waals surface area contributed by atoms with Gasteiger partial charge in [0, 0.05) is 7.05 Å². The third-order valence-corrected chi connectivity index (χ3v) is 2.89. The maximum atomic E-state index is 12.0. The van der Waals surface area contributed by atoms with Crippen LogP contribution in [-0.4, -0.2) is 35.9 Å². The lowest BCUT2D eigenvalue weighted by Gasteiger charge is -2.16. The number of carbonyl (C=O) groups is 2. The summed E-state index contributed by atoms with van der Waals surface area (Å²) in [5.41, 5.74) is -3.52. The molecule has 10 heteroatoms. The van der Waals surface area contributed by atoms with E-state index in [0.29, 0.717) is 13.7 Å². The highest BCUT2D eigenvalue weighted by molar-refractivity contribution is 5.72. The molecule has 110 valence electrons. The van der Waals surface area contributed by atoms with Gasteiger partial charge in [-0.2, -0.15) is 0 Å². The molecule has 0 aliphatic rings. The lowest BCUT2D eigenvalue weighted by atomic mass is 10.3. The summed E-state index contributed by atoms with van der Waals surface area (Å²) in [6.45, 7) is 2.15. The molecule has 0 aromatic carbocycles. The minimum atomic E-state index is -1.53. The molecule has 0 saturated heterocycles. The lowest BCUT2D eigenvalue weighted by Crippen LogP contribution is -2.56. The Balaban J connectivity index is 3.87. The Kier molecular flexibility index (Phi) is 3.97. The number of carboxylic acids is 2. The molecule has 1 rings (SSSR count). The summed E-state index contributed by atoms with van der Waals surface area (Å²) < 4.78 is 1.13. The van der Waals surface area contributed by atoms with Crippen LogP contribution >= 0.6 is 0 Å². The van der Waals surface area contributed by atoms with Crippen molar-refractivity contribution in [2.24, 2.45) is 7.05 Å². The van der Waals surface area contributed by atoms with Crippen LogP contribution in [0.25, 0.3) is 0 Å². The van der Waals surface area contributed by atoms with Gasteiger partial charge in [0.2, 0.25) is 0 Å². The summed E-state index contributed by atoms with van der Waals surface area (Å²) >= 11 is 0. The number of aromatic nitrogens is 3. The standard InChI is InChI=1S/C10H13N3O7/c1-4(6(14)15)12-8(18)11(3)9(19)13(10(12)20)5(2)7(16)17/h4-5H,1-3H3,(H,14,15)(H,16,17). The highest BCUT2D eigenvalue weighted by atomic mass is 16.4. The molecule has 2 unspecified atom stereocenters. The Hall–Kier alpha value is -2.65. The van der Waals surface area contributed by atoms with E-state index in [4.69, 9.17) is 10.2 Å². The SMILES string of the molecule is CC(C(=O)O)n1c(=O)n(C)c(=O)n(C(C)C(=O)O)c1=O. The number of hydrogen-bond donors (Lipinski definition) is 2. The fraction of sp³-hybridized carbons (Fsp3) is 0.500. The Bertz CT molecular complexity index is 680. The first-order valence-corrected chi connectivity index (χ1v) is 5.51. The monoisotopic (exact) mass is 287 g/mol. The second-order valence-corrected chi connectivity index (χ2v) is 4.18. The maximum Gasteiger partial charge on any atom is 0.337 e. The molecule has 2 atom stereocenters. The van der Waals surface area contributed by atoms with E-state index in [-0.39, 0.29) is 0 Å². The van der Waals surface area contributed by atoms with Crippen molar-refractivity contribution in [1.29, 1.82) is 0 Å². The van der Waals surface area contributed by atoms with E-state index in [1.807, 2.05) is 0 Å². The van der Waals surface area contributed by atoms with Crippen molar-refractivity contribution < 1.29 is 19.8 Å². The number of aliphatic carboxylic acids is 2. The average Bonchev–Trinajstić information content (AvgIpc) is 2.35. The zero-order valence-electron chi connectivity index (χ0n) is 10.9. The van der Waals surface area contributed by atoms with Crippen LogP contribution in [0.1, 0.15) is 25.9 Å². The van der Waals surface area contributed by atoms with Crippen molar-refractivity contribution in [2.75, 3.05) is 0 Å². The van der Waals surface area contributed by atoms with E-state index in [1.165, 1.54) is 0 Å². The van der Waals surface area contributed by atoms with E-state index in [0.717, 1.165) is 20.9 Å². The normalized spacial score (nSPS) is 13.8. The van der Waals surface area contributed by atoms with Crippen LogP contribution < -0.4 is 17.1 Å². The molecule has 0 spiro atoms. The van der Waals surface area contributed by atoms with Gasteiger partial charge < -0.3 is 10.2 Å². The number of nitrogens with zero attached hydrogens (tertiary/aromatic N) is 3. The summed E-state index contributed by atoms with van der Waals surface area (Å²) in [5.74, 6) is -2.92. The van der Waals surface area contributed by atoms with Gasteiger partial charge in [-0.1, -0.05) is 0 Å². The van der Waals surface area contributed by atoms with Gasteiger partial charge in [-0.05, 0) is 13.8 Å². The van der Waals surface area contributed by atoms with Crippen LogP contribution in [0.2, 0.25) is 0 Å². The van der Waals surface area contributed by atoms with E-state index >= 15 is 0 Å². The first kappa shape index (κ1) is 15.4. The van der Waals surface area contributed by atoms with Gasteiger partial charge in [0.15, 0.2) is 0 Å². The van der Waals surface area contributed by atoms with Gasteiger partial charge in [-0.25, -0.2) is 37.7 Å². The molecule has 1 aromatic rings.